The number of likely N-dealkylation sites (tertiary alicyclic amines) is 1. The molecule has 1 saturated heterocycles. The van der Waals surface area contributed by atoms with Crippen molar-refractivity contribution in [3.05, 3.63) is 35.9 Å². The third-order valence-corrected chi connectivity index (χ3v) is 4.37. The first-order valence-corrected chi connectivity index (χ1v) is 6.85. The summed E-state index contributed by atoms with van der Waals surface area (Å²) >= 11 is 0. The summed E-state index contributed by atoms with van der Waals surface area (Å²) in [5.41, 5.74) is 1.02. The van der Waals surface area contributed by atoms with Crippen LogP contribution in [0.5, 0.6) is 0 Å². The van der Waals surface area contributed by atoms with Gasteiger partial charge in [-0.2, -0.15) is 5.26 Å². The van der Waals surface area contributed by atoms with Gasteiger partial charge in [0, 0.05) is 12.6 Å². The maximum atomic E-state index is 9.66. The van der Waals surface area contributed by atoms with E-state index >= 15 is 0 Å². The molecular formula is C16H22N2. The van der Waals surface area contributed by atoms with Crippen LogP contribution in [0.3, 0.4) is 0 Å². The smallest absolute Gasteiger partial charge is 0.112 e. The van der Waals surface area contributed by atoms with Crippen molar-refractivity contribution in [2.45, 2.75) is 45.2 Å². The molecule has 2 nitrogen and oxygen atoms in total. The molecule has 2 rings (SSSR count). The number of nitriles is 1. The van der Waals surface area contributed by atoms with Gasteiger partial charge in [0.1, 0.15) is 5.54 Å². The van der Waals surface area contributed by atoms with Gasteiger partial charge >= 0.3 is 0 Å². The molecule has 1 aliphatic rings. The van der Waals surface area contributed by atoms with Crippen molar-refractivity contribution in [2.75, 3.05) is 6.54 Å². The van der Waals surface area contributed by atoms with Crippen molar-refractivity contribution in [2.24, 2.45) is 5.92 Å². The second-order valence-electron chi connectivity index (χ2n) is 5.57. The highest BCUT2D eigenvalue weighted by molar-refractivity contribution is 5.22. The van der Waals surface area contributed by atoms with Crippen LogP contribution in [0.15, 0.2) is 30.3 Å². The van der Waals surface area contributed by atoms with Gasteiger partial charge in [0.25, 0.3) is 0 Å². The maximum absolute atomic E-state index is 9.66. The summed E-state index contributed by atoms with van der Waals surface area (Å²) in [5.74, 6) is 0.371. The summed E-state index contributed by atoms with van der Waals surface area (Å²) in [6.07, 6.45) is 2.13. The summed E-state index contributed by atoms with van der Waals surface area (Å²) in [6.45, 7) is 7.58. The fraction of sp³-hybridized carbons (Fsp3) is 0.562. The largest absolute Gasteiger partial charge is 0.278 e. The van der Waals surface area contributed by atoms with Crippen LogP contribution in [-0.2, 0) is 0 Å². The van der Waals surface area contributed by atoms with Gasteiger partial charge in [0.05, 0.1) is 6.07 Å². The summed E-state index contributed by atoms with van der Waals surface area (Å²) in [5, 5.41) is 9.66. The molecule has 96 valence electrons. The molecule has 2 unspecified atom stereocenters. The Morgan fingerprint density at radius 1 is 1.22 bits per heavy atom. The summed E-state index contributed by atoms with van der Waals surface area (Å²) < 4.78 is 0. The fourth-order valence-electron chi connectivity index (χ4n) is 3.18. The molecule has 1 aliphatic heterocycles. The average molecular weight is 242 g/mol. The molecule has 0 aromatic heterocycles. The van der Waals surface area contributed by atoms with E-state index in [0.717, 1.165) is 19.4 Å². The van der Waals surface area contributed by atoms with Crippen LogP contribution in [0.25, 0.3) is 0 Å². The Labute approximate surface area is 110 Å². The molecule has 0 N–H and O–H groups in total. The highest BCUT2D eigenvalue weighted by Crippen LogP contribution is 2.40. The van der Waals surface area contributed by atoms with Crippen LogP contribution in [-0.4, -0.2) is 17.0 Å². The van der Waals surface area contributed by atoms with E-state index in [2.05, 4.69) is 56.0 Å². The van der Waals surface area contributed by atoms with Crippen molar-refractivity contribution < 1.29 is 0 Å². The normalized spacial score (nSPS) is 26.2. The molecule has 0 saturated carbocycles. The highest BCUT2D eigenvalue weighted by atomic mass is 15.2. The van der Waals surface area contributed by atoms with Gasteiger partial charge < -0.3 is 0 Å². The third-order valence-electron chi connectivity index (χ3n) is 4.37. The van der Waals surface area contributed by atoms with E-state index in [-0.39, 0.29) is 5.54 Å². The highest BCUT2D eigenvalue weighted by Gasteiger charge is 2.46. The number of hydrogen-bond donors (Lipinski definition) is 0. The molecule has 1 heterocycles. The zero-order valence-electron chi connectivity index (χ0n) is 11.6. The lowest BCUT2D eigenvalue weighted by atomic mass is 9.84. The van der Waals surface area contributed by atoms with Gasteiger partial charge in [-0.25, -0.2) is 0 Å². The number of nitrogens with zero attached hydrogens (tertiary/aromatic N) is 2. The Morgan fingerprint density at radius 2 is 1.89 bits per heavy atom. The van der Waals surface area contributed by atoms with E-state index in [1.807, 2.05) is 6.07 Å². The van der Waals surface area contributed by atoms with Gasteiger partial charge in [0.15, 0.2) is 0 Å². The molecule has 2 heteroatoms. The van der Waals surface area contributed by atoms with E-state index < -0.39 is 0 Å². The van der Waals surface area contributed by atoms with Crippen LogP contribution in [0.2, 0.25) is 0 Å². The lowest BCUT2D eigenvalue weighted by Gasteiger charge is -2.40. The molecule has 0 aliphatic carbocycles. The van der Waals surface area contributed by atoms with Crippen molar-refractivity contribution in [3.63, 3.8) is 0 Å². The van der Waals surface area contributed by atoms with Gasteiger partial charge in [-0.05, 0) is 31.2 Å². The zero-order chi connectivity index (χ0) is 13.2. The minimum atomic E-state index is -0.282. The Bertz CT molecular complexity index is 432. The standard InChI is InChI=1S/C16H22N2/c1-13(2)16(12-17)10-7-11-18(16)14(3)15-8-5-4-6-9-15/h4-6,8-9,13-14H,7,10-11H2,1-3H3. The monoisotopic (exact) mass is 242 g/mol. The minimum absolute atomic E-state index is 0.282. The Balaban J connectivity index is 2.30. The summed E-state index contributed by atoms with van der Waals surface area (Å²) in [6, 6.07) is 13.4. The SMILES string of the molecule is CC(c1ccccc1)N1CCCC1(C#N)C(C)C. The molecule has 2 atom stereocenters. The second-order valence-corrected chi connectivity index (χ2v) is 5.57. The van der Waals surface area contributed by atoms with Crippen LogP contribution in [0.1, 0.15) is 45.2 Å². The molecule has 1 fully saturated rings. The molecule has 0 amide bonds. The first kappa shape index (κ1) is 13.1. The molecule has 0 radical (unpaired) electrons. The van der Waals surface area contributed by atoms with Gasteiger partial charge in [-0.15, -0.1) is 0 Å². The van der Waals surface area contributed by atoms with Crippen molar-refractivity contribution in [1.29, 1.82) is 5.26 Å². The minimum Gasteiger partial charge on any atom is -0.278 e. The predicted molar refractivity (Wildman–Crippen MR) is 74.0 cm³/mol. The molecular weight excluding hydrogens is 220 g/mol. The van der Waals surface area contributed by atoms with Crippen molar-refractivity contribution in [3.8, 4) is 6.07 Å². The van der Waals surface area contributed by atoms with Gasteiger partial charge in [-0.1, -0.05) is 44.2 Å². The fourth-order valence-corrected chi connectivity index (χ4v) is 3.18. The van der Waals surface area contributed by atoms with E-state index in [4.69, 9.17) is 0 Å². The summed E-state index contributed by atoms with van der Waals surface area (Å²) in [7, 11) is 0. The Morgan fingerprint density at radius 3 is 2.44 bits per heavy atom. The second kappa shape index (κ2) is 5.12. The average Bonchev–Trinajstić information content (AvgIpc) is 2.84. The molecule has 18 heavy (non-hydrogen) atoms. The number of benzene rings is 1. The number of rotatable bonds is 3. The first-order valence-electron chi connectivity index (χ1n) is 6.85. The topological polar surface area (TPSA) is 27.0 Å². The van der Waals surface area contributed by atoms with E-state index in [0.29, 0.717) is 12.0 Å². The van der Waals surface area contributed by atoms with Crippen molar-refractivity contribution >= 4 is 0 Å². The third kappa shape index (κ3) is 2.04. The number of hydrogen-bond acceptors (Lipinski definition) is 2. The maximum Gasteiger partial charge on any atom is 0.112 e. The van der Waals surface area contributed by atoms with Gasteiger partial charge in [-0.3, -0.25) is 4.90 Å². The van der Waals surface area contributed by atoms with E-state index in [9.17, 15) is 5.26 Å². The first-order chi connectivity index (χ1) is 8.62. The Hall–Kier alpha value is -1.33. The summed E-state index contributed by atoms with van der Waals surface area (Å²) in [4.78, 5) is 2.40. The molecule has 0 spiro atoms. The molecule has 1 aromatic carbocycles. The van der Waals surface area contributed by atoms with E-state index in [1.165, 1.54) is 5.56 Å². The van der Waals surface area contributed by atoms with Crippen molar-refractivity contribution in [1.82, 2.24) is 4.90 Å². The van der Waals surface area contributed by atoms with Crippen LogP contribution in [0.4, 0.5) is 0 Å². The molecule has 1 aromatic rings. The van der Waals surface area contributed by atoms with Crippen LogP contribution < -0.4 is 0 Å². The Kier molecular flexibility index (Phi) is 3.73. The zero-order valence-corrected chi connectivity index (χ0v) is 11.6. The van der Waals surface area contributed by atoms with E-state index in [1.54, 1.807) is 0 Å². The molecule has 0 bridgehead atoms. The van der Waals surface area contributed by atoms with Crippen LogP contribution >= 0.6 is 0 Å². The van der Waals surface area contributed by atoms with Gasteiger partial charge in [0.2, 0.25) is 0 Å². The quantitative estimate of drug-likeness (QED) is 0.807. The predicted octanol–water partition coefficient (Wildman–Crippen LogP) is 3.76. The van der Waals surface area contributed by atoms with Crippen LogP contribution in [0, 0.1) is 17.2 Å². The lowest BCUT2D eigenvalue weighted by Crippen LogP contribution is -2.47. The lowest BCUT2D eigenvalue weighted by molar-refractivity contribution is 0.0991.